The van der Waals surface area contributed by atoms with E-state index in [4.69, 9.17) is 34.8 Å². The van der Waals surface area contributed by atoms with Crippen LogP contribution in [0.3, 0.4) is 0 Å². The number of carbonyl (C=O) groups excluding carboxylic acids is 2. The smallest absolute Gasteiger partial charge is 0.258 e. The molecule has 0 bridgehead atoms. The van der Waals surface area contributed by atoms with E-state index in [2.05, 4.69) is 5.32 Å². The zero-order valence-corrected chi connectivity index (χ0v) is 19.8. The summed E-state index contributed by atoms with van der Waals surface area (Å²) in [4.78, 5) is 28.9. The Bertz CT molecular complexity index is 1180. The Kier molecular flexibility index (Phi) is 6.58. The fourth-order valence-electron chi connectivity index (χ4n) is 3.68. The summed E-state index contributed by atoms with van der Waals surface area (Å²) in [5, 5.41) is 3.56. The first kappa shape index (κ1) is 22.2. The van der Waals surface area contributed by atoms with Gasteiger partial charge in [-0.05, 0) is 74.2 Å². The van der Waals surface area contributed by atoms with Crippen molar-refractivity contribution in [3.8, 4) is 0 Å². The van der Waals surface area contributed by atoms with Gasteiger partial charge < -0.3 is 10.2 Å². The van der Waals surface area contributed by atoms with Crippen molar-refractivity contribution in [3.05, 3.63) is 78.4 Å². The molecule has 2 amide bonds. The van der Waals surface area contributed by atoms with Gasteiger partial charge in [-0.25, -0.2) is 0 Å². The number of halogens is 3. The van der Waals surface area contributed by atoms with Gasteiger partial charge in [0, 0.05) is 27.7 Å². The minimum atomic E-state index is -0.365. The summed E-state index contributed by atoms with van der Waals surface area (Å²) >= 11 is 19.9. The van der Waals surface area contributed by atoms with Crippen molar-refractivity contribution in [2.45, 2.75) is 26.2 Å². The Morgan fingerprint density at radius 3 is 2.58 bits per heavy atom. The average Bonchev–Trinajstić information content (AvgIpc) is 2.98. The van der Waals surface area contributed by atoms with Crippen molar-refractivity contribution in [3.63, 3.8) is 0 Å². The number of amides is 2. The molecule has 3 aromatic rings. The number of thiophene rings is 1. The summed E-state index contributed by atoms with van der Waals surface area (Å²) < 4.78 is 0.694. The monoisotopic (exact) mass is 492 g/mol. The van der Waals surface area contributed by atoms with Crippen LogP contribution in [0, 0.1) is 6.92 Å². The van der Waals surface area contributed by atoms with E-state index in [0.717, 1.165) is 35.4 Å². The predicted molar refractivity (Wildman–Crippen MR) is 130 cm³/mol. The van der Waals surface area contributed by atoms with Crippen LogP contribution in [0.5, 0.6) is 0 Å². The molecule has 0 saturated heterocycles. The highest BCUT2D eigenvalue weighted by Gasteiger charge is 2.25. The zero-order valence-electron chi connectivity index (χ0n) is 16.7. The van der Waals surface area contributed by atoms with Gasteiger partial charge in [-0.15, -0.1) is 11.3 Å². The van der Waals surface area contributed by atoms with E-state index in [-0.39, 0.29) is 11.8 Å². The number of nitrogens with one attached hydrogen (secondary N) is 1. The summed E-state index contributed by atoms with van der Waals surface area (Å²) in [6.45, 7) is 2.51. The lowest BCUT2D eigenvalue weighted by atomic mass is 10.1. The number of anilines is 2. The zero-order chi connectivity index (χ0) is 22.1. The highest BCUT2D eigenvalue weighted by atomic mass is 35.5. The molecule has 2 heterocycles. The van der Waals surface area contributed by atoms with E-state index in [1.165, 1.54) is 17.4 Å². The lowest BCUT2D eigenvalue weighted by molar-refractivity contribution is 0.0985. The van der Waals surface area contributed by atoms with Crippen molar-refractivity contribution in [1.82, 2.24) is 0 Å². The number of aryl methyl sites for hydroxylation is 2. The molecule has 8 heteroatoms. The van der Waals surface area contributed by atoms with Gasteiger partial charge in [-0.2, -0.15) is 0 Å². The van der Waals surface area contributed by atoms with E-state index in [1.807, 2.05) is 17.9 Å². The molecule has 1 aliphatic rings. The van der Waals surface area contributed by atoms with Gasteiger partial charge in [0.05, 0.1) is 20.6 Å². The SMILES string of the molecule is Cc1cc(NC(=O)c2cc(Cl)ccc2Cl)ccc1C(=O)N1CCCCc2sc(Cl)cc21. The van der Waals surface area contributed by atoms with Crippen molar-refractivity contribution < 1.29 is 9.59 Å². The number of hydrogen-bond donors (Lipinski definition) is 1. The minimum absolute atomic E-state index is 0.0640. The Balaban J connectivity index is 1.57. The van der Waals surface area contributed by atoms with Gasteiger partial charge in [0.1, 0.15) is 0 Å². The van der Waals surface area contributed by atoms with E-state index < -0.39 is 0 Å². The van der Waals surface area contributed by atoms with Gasteiger partial charge in [-0.1, -0.05) is 34.8 Å². The van der Waals surface area contributed by atoms with Gasteiger partial charge in [0.2, 0.25) is 0 Å². The molecular weight excluding hydrogens is 475 g/mol. The number of benzene rings is 2. The summed E-state index contributed by atoms with van der Waals surface area (Å²) in [6.07, 6.45) is 2.91. The second-order valence-corrected chi connectivity index (χ2v) is 9.99. The summed E-state index contributed by atoms with van der Waals surface area (Å²) in [7, 11) is 0. The van der Waals surface area contributed by atoms with Crippen molar-refractivity contribution in [2.75, 3.05) is 16.8 Å². The molecular formula is C23H19Cl3N2O2S. The molecule has 0 atom stereocenters. The van der Waals surface area contributed by atoms with Crippen LogP contribution in [0.15, 0.2) is 42.5 Å². The third-order valence-electron chi connectivity index (χ3n) is 5.22. The van der Waals surface area contributed by atoms with Crippen LogP contribution in [0.25, 0.3) is 0 Å². The molecule has 0 saturated carbocycles. The minimum Gasteiger partial charge on any atom is -0.322 e. The van der Waals surface area contributed by atoms with Gasteiger partial charge >= 0.3 is 0 Å². The maximum absolute atomic E-state index is 13.4. The van der Waals surface area contributed by atoms with Gasteiger partial charge in [0.25, 0.3) is 11.8 Å². The second-order valence-electron chi connectivity index (χ2n) is 7.38. The summed E-state index contributed by atoms with van der Waals surface area (Å²) in [5.74, 6) is -0.429. The number of hydrogen-bond acceptors (Lipinski definition) is 3. The molecule has 0 fully saturated rings. The van der Waals surface area contributed by atoms with Crippen LogP contribution in [0.4, 0.5) is 11.4 Å². The van der Waals surface area contributed by atoms with Crippen LogP contribution in [0.1, 0.15) is 44.0 Å². The number of rotatable bonds is 3. The first-order valence-corrected chi connectivity index (χ1v) is 11.8. The average molecular weight is 494 g/mol. The Labute approximate surface area is 199 Å². The third-order valence-corrected chi connectivity index (χ3v) is 7.09. The number of nitrogens with zero attached hydrogens (tertiary/aromatic N) is 1. The van der Waals surface area contributed by atoms with E-state index in [1.54, 1.807) is 30.3 Å². The second kappa shape index (κ2) is 9.21. The lowest BCUT2D eigenvalue weighted by Crippen LogP contribution is -2.32. The summed E-state index contributed by atoms with van der Waals surface area (Å²) in [5.41, 5.74) is 3.13. The van der Waals surface area contributed by atoms with Crippen LogP contribution in [-0.2, 0) is 6.42 Å². The van der Waals surface area contributed by atoms with Crippen molar-refractivity contribution in [2.24, 2.45) is 0 Å². The normalized spacial score (nSPS) is 13.5. The topological polar surface area (TPSA) is 49.4 Å². The van der Waals surface area contributed by atoms with E-state index >= 15 is 0 Å². The highest BCUT2D eigenvalue weighted by Crippen LogP contribution is 2.37. The lowest BCUT2D eigenvalue weighted by Gasteiger charge is -2.22. The molecule has 2 aromatic carbocycles. The largest absolute Gasteiger partial charge is 0.322 e. The molecule has 4 nitrogen and oxygen atoms in total. The maximum atomic E-state index is 13.4. The molecule has 4 rings (SSSR count). The van der Waals surface area contributed by atoms with Gasteiger partial charge in [-0.3, -0.25) is 9.59 Å². The standard InChI is InChI=1S/C23H19Cl3N2O2S/c1-13-10-15(27-22(29)17-11-14(24)5-8-18(17)25)6-7-16(13)23(30)28-9-3-2-4-20-19(28)12-21(26)31-20/h5-8,10-12H,2-4,9H2,1H3,(H,27,29). The number of fused-ring (bicyclic) bond motifs is 1. The predicted octanol–water partition coefficient (Wildman–Crippen LogP) is 7.25. The Morgan fingerprint density at radius 2 is 1.81 bits per heavy atom. The van der Waals surface area contributed by atoms with Gasteiger partial charge in [0.15, 0.2) is 0 Å². The molecule has 0 unspecified atom stereocenters. The Morgan fingerprint density at radius 1 is 1.00 bits per heavy atom. The molecule has 160 valence electrons. The number of carbonyl (C=O) groups is 2. The molecule has 1 aromatic heterocycles. The van der Waals surface area contributed by atoms with Crippen molar-refractivity contribution >= 4 is 69.3 Å². The third kappa shape index (κ3) is 4.75. The van der Waals surface area contributed by atoms with Crippen LogP contribution < -0.4 is 10.2 Å². The van der Waals surface area contributed by atoms with E-state index in [0.29, 0.717) is 37.7 Å². The molecule has 0 spiro atoms. The molecule has 1 N–H and O–H groups in total. The fraction of sp³-hybridized carbons (Fsp3) is 0.217. The molecule has 31 heavy (non-hydrogen) atoms. The van der Waals surface area contributed by atoms with Crippen LogP contribution in [0.2, 0.25) is 14.4 Å². The molecule has 0 aliphatic carbocycles. The molecule has 0 radical (unpaired) electrons. The Hall–Kier alpha value is -2.05. The van der Waals surface area contributed by atoms with Crippen LogP contribution in [-0.4, -0.2) is 18.4 Å². The van der Waals surface area contributed by atoms with E-state index in [9.17, 15) is 9.59 Å². The highest BCUT2D eigenvalue weighted by molar-refractivity contribution is 7.16. The van der Waals surface area contributed by atoms with Crippen LogP contribution >= 0.6 is 46.1 Å². The first-order chi connectivity index (χ1) is 14.8. The fourth-order valence-corrected chi connectivity index (χ4v) is 5.36. The van der Waals surface area contributed by atoms with Crippen molar-refractivity contribution in [1.29, 1.82) is 0 Å². The molecule has 1 aliphatic heterocycles. The maximum Gasteiger partial charge on any atom is 0.258 e. The first-order valence-electron chi connectivity index (χ1n) is 9.80. The summed E-state index contributed by atoms with van der Waals surface area (Å²) in [6, 6.07) is 11.8. The quantitative estimate of drug-likeness (QED) is 0.417.